The molecule has 1 saturated heterocycles. The van der Waals surface area contributed by atoms with Crippen molar-refractivity contribution in [2.75, 3.05) is 43.5 Å². The van der Waals surface area contributed by atoms with Crippen LogP contribution < -0.4 is 10.6 Å². The average Bonchev–Trinajstić information content (AvgIpc) is 2.64. The number of morpholine rings is 1. The smallest absolute Gasteiger partial charge is 0.255 e. The van der Waals surface area contributed by atoms with Crippen LogP contribution in [-0.2, 0) is 9.53 Å². The Labute approximate surface area is 150 Å². The predicted molar refractivity (Wildman–Crippen MR) is 94.5 cm³/mol. The summed E-state index contributed by atoms with van der Waals surface area (Å²) in [6.07, 6.45) is 1.23. The van der Waals surface area contributed by atoms with Crippen LogP contribution in [0.3, 0.4) is 0 Å². The number of halogens is 1. The minimum atomic E-state index is -0.712. The second-order valence-electron chi connectivity index (χ2n) is 5.84. The first-order chi connectivity index (χ1) is 12.6. The van der Waals surface area contributed by atoms with Crippen LogP contribution in [0.2, 0.25) is 0 Å². The van der Waals surface area contributed by atoms with Crippen molar-refractivity contribution in [3.05, 3.63) is 54.1 Å². The number of nitrogens with zero attached hydrogens (tertiary/aromatic N) is 2. The van der Waals surface area contributed by atoms with Crippen LogP contribution >= 0.6 is 0 Å². The molecule has 3 rings (SSSR count). The maximum absolute atomic E-state index is 13.1. The fourth-order valence-corrected chi connectivity index (χ4v) is 2.55. The first kappa shape index (κ1) is 18.0. The Morgan fingerprint density at radius 2 is 1.73 bits per heavy atom. The fourth-order valence-electron chi connectivity index (χ4n) is 2.55. The predicted octanol–water partition coefficient (Wildman–Crippen LogP) is 1.74. The summed E-state index contributed by atoms with van der Waals surface area (Å²) in [5, 5.41) is 5.48. The number of nitrogens with one attached hydrogen (secondary N) is 2. The van der Waals surface area contributed by atoms with Gasteiger partial charge in [-0.05, 0) is 30.3 Å². The molecule has 1 aromatic carbocycles. The quantitative estimate of drug-likeness (QED) is 0.796. The minimum Gasteiger partial charge on any atom is -0.379 e. The lowest BCUT2D eigenvalue weighted by molar-refractivity contribution is -0.118. The fraction of sp³-hybridized carbons (Fsp3) is 0.278. The van der Waals surface area contributed by atoms with Gasteiger partial charge in [0.2, 0.25) is 11.9 Å². The molecule has 26 heavy (non-hydrogen) atoms. The molecule has 0 bridgehead atoms. The third-order valence-corrected chi connectivity index (χ3v) is 3.89. The first-order valence-corrected chi connectivity index (χ1v) is 8.23. The zero-order valence-corrected chi connectivity index (χ0v) is 14.1. The molecule has 1 aromatic heterocycles. The van der Waals surface area contributed by atoms with Gasteiger partial charge in [-0.15, -0.1) is 0 Å². The van der Waals surface area contributed by atoms with Crippen molar-refractivity contribution in [1.29, 1.82) is 0 Å². The molecule has 0 radical (unpaired) electrons. The summed E-state index contributed by atoms with van der Waals surface area (Å²) in [6, 6.07) is 9.22. The number of aromatic nitrogens is 1. The van der Waals surface area contributed by atoms with Gasteiger partial charge < -0.3 is 15.4 Å². The first-order valence-electron chi connectivity index (χ1n) is 8.23. The molecule has 136 valence electrons. The third kappa shape index (κ3) is 5.08. The van der Waals surface area contributed by atoms with Gasteiger partial charge in [-0.3, -0.25) is 14.5 Å². The summed E-state index contributed by atoms with van der Waals surface area (Å²) in [7, 11) is 0. The number of rotatable bonds is 5. The van der Waals surface area contributed by atoms with Crippen molar-refractivity contribution in [3.8, 4) is 0 Å². The second-order valence-corrected chi connectivity index (χ2v) is 5.84. The highest BCUT2D eigenvalue weighted by Gasteiger charge is 2.14. The molecule has 1 aliphatic heterocycles. The Morgan fingerprint density at radius 3 is 2.38 bits per heavy atom. The lowest BCUT2D eigenvalue weighted by atomic mass is 10.2. The van der Waals surface area contributed by atoms with E-state index in [0.717, 1.165) is 19.2 Å². The van der Waals surface area contributed by atoms with Gasteiger partial charge in [0.15, 0.2) is 0 Å². The monoisotopic (exact) mass is 358 g/mol. The van der Waals surface area contributed by atoms with Gasteiger partial charge >= 0.3 is 0 Å². The number of carbonyl (C=O) groups excluding carboxylic acids is 2. The number of amides is 2. The van der Waals surface area contributed by atoms with Crippen LogP contribution in [-0.4, -0.2) is 54.5 Å². The maximum atomic E-state index is 13.1. The molecule has 0 atom stereocenters. The van der Waals surface area contributed by atoms with E-state index in [1.54, 1.807) is 24.3 Å². The van der Waals surface area contributed by atoms with Crippen molar-refractivity contribution in [2.24, 2.45) is 0 Å². The highest BCUT2D eigenvalue weighted by Crippen LogP contribution is 2.15. The third-order valence-electron chi connectivity index (χ3n) is 3.89. The van der Waals surface area contributed by atoms with E-state index in [-0.39, 0.29) is 11.5 Å². The topological polar surface area (TPSA) is 83.6 Å². The number of hydrogen-bond acceptors (Lipinski definition) is 5. The van der Waals surface area contributed by atoms with Crippen LogP contribution in [0.1, 0.15) is 10.4 Å². The molecule has 1 aliphatic rings. The van der Waals surface area contributed by atoms with Crippen LogP contribution in [0.4, 0.5) is 15.8 Å². The highest BCUT2D eigenvalue weighted by molar-refractivity contribution is 6.04. The van der Waals surface area contributed by atoms with Gasteiger partial charge in [0.1, 0.15) is 0 Å². The molecule has 7 nitrogen and oxygen atoms in total. The number of pyridine rings is 1. The van der Waals surface area contributed by atoms with E-state index in [9.17, 15) is 14.0 Å². The number of benzene rings is 1. The normalized spacial score (nSPS) is 14.7. The second kappa shape index (κ2) is 8.50. The Kier molecular flexibility index (Phi) is 5.88. The van der Waals surface area contributed by atoms with E-state index < -0.39 is 11.9 Å². The van der Waals surface area contributed by atoms with Crippen molar-refractivity contribution in [1.82, 2.24) is 9.88 Å². The van der Waals surface area contributed by atoms with Gasteiger partial charge in [-0.1, -0.05) is 0 Å². The molecule has 0 aliphatic carbocycles. The van der Waals surface area contributed by atoms with Crippen LogP contribution in [0, 0.1) is 5.95 Å². The summed E-state index contributed by atoms with van der Waals surface area (Å²) >= 11 is 0. The van der Waals surface area contributed by atoms with E-state index in [0.29, 0.717) is 31.1 Å². The molecule has 2 aromatic rings. The summed E-state index contributed by atoms with van der Waals surface area (Å²) in [5.74, 6) is -1.25. The maximum Gasteiger partial charge on any atom is 0.255 e. The van der Waals surface area contributed by atoms with Crippen molar-refractivity contribution >= 4 is 23.2 Å². The summed E-state index contributed by atoms with van der Waals surface area (Å²) in [4.78, 5) is 29.6. The molecule has 0 unspecified atom stereocenters. The lowest BCUT2D eigenvalue weighted by Gasteiger charge is -2.25. The van der Waals surface area contributed by atoms with E-state index in [1.165, 1.54) is 12.3 Å². The van der Waals surface area contributed by atoms with Gasteiger partial charge in [-0.2, -0.15) is 4.39 Å². The van der Waals surface area contributed by atoms with Gasteiger partial charge in [0, 0.05) is 42.3 Å². The Balaban J connectivity index is 1.53. The van der Waals surface area contributed by atoms with Crippen LogP contribution in [0.15, 0.2) is 42.6 Å². The summed E-state index contributed by atoms with van der Waals surface area (Å²) in [5.41, 5.74) is 1.36. The van der Waals surface area contributed by atoms with E-state index in [4.69, 9.17) is 4.74 Å². The molecular weight excluding hydrogens is 339 g/mol. The largest absolute Gasteiger partial charge is 0.379 e. The van der Waals surface area contributed by atoms with Crippen LogP contribution in [0.25, 0.3) is 0 Å². The standard InChI is InChI=1S/C18H19FN4O3/c19-16-11-13(5-6-20-16)18(25)22-15-3-1-14(2-4-15)21-17(24)12-23-7-9-26-10-8-23/h1-6,11H,7-10,12H2,(H,21,24)(H,22,25). The molecular formula is C18H19FN4O3. The summed E-state index contributed by atoms with van der Waals surface area (Å²) in [6.45, 7) is 3.09. The minimum absolute atomic E-state index is 0.101. The lowest BCUT2D eigenvalue weighted by Crippen LogP contribution is -2.41. The molecule has 2 N–H and O–H groups in total. The molecule has 2 heterocycles. The molecule has 1 fully saturated rings. The molecule has 2 amide bonds. The zero-order chi connectivity index (χ0) is 18.4. The van der Waals surface area contributed by atoms with E-state index in [2.05, 4.69) is 15.6 Å². The van der Waals surface area contributed by atoms with Gasteiger partial charge in [0.25, 0.3) is 5.91 Å². The SMILES string of the molecule is O=C(CN1CCOCC1)Nc1ccc(NC(=O)c2ccnc(F)c2)cc1. The average molecular weight is 358 g/mol. The van der Waals surface area contributed by atoms with Gasteiger partial charge in [0.05, 0.1) is 19.8 Å². The van der Waals surface area contributed by atoms with Crippen LogP contribution in [0.5, 0.6) is 0 Å². The highest BCUT2D eigenvalue weighted by atomic mass is 19.1. The molecule has 8 heteroatoms. The number of hydrogen-bond donors (Lipinski definition) is 2. The number of anilines is 2. The zero-order valence-electron chi connectivity index (χ0n) is 14.1. The van der Waals surface area contributed by atoms with E-state index >= 15 is 0 Å². The molecule has 0 spiro atoms. The molecule has 0 saturated carbocycles. The van der Waals surface area contributed by atoms with E-state index in [1.807, 2.05) is 4.90 Å². The number of carbonyl (C=O) groups is 2. The Morgan fingerprint density at radius 1 is 1.08 bits per heavy atom. The van der Waals surface area contributed by atoms with Crippen molar-refractivity contribution < 1.29 is 18.7 Å². The van der Waals surface area contributed by atoms with Gasteiger partial charge in [-0.25, -0.2) is 4.98 Å². The Bertz CT molecular complexity index is 776. The Hall–Kier alpha value is -2.84. The summed E-state index contributed by atoms with van der Waals surface area (Å²) < 4.78 is 18.3. The van der Waals surface area contributed by atoms with Crippen molar-refractivity contribution in [2.45, 2.75) is 0 Å². The number of ether oxygens (including phenoxy) is 1. The van der Waals surface area contributed by atoms with Crippen molar-refractivity contribution in [3.63, 3.8) is 0 Å².